The van der Waals surface area contributed by atoms with Crippen LogP contribution in [0.3, 0.4) is 0 Å². The average molecular weight is 450 g/mol. The van der Waals surface area contributed by atoms with Crippen molar-refractivity contribution in [3.63, 3.8) is 0 Å². The van der Waals surface area contributed by atoms with Gasteiger partial charge in [0.25, 0.3) is 0 Å². The molecule has 10 heteroatoms. The van der Waals surface area contributed by atoms with Crippen molar-refractivity contribution in [1.29, 1.82) is 0 Å². The third-order valence-corrected chi connectivity index (χ3v) is 5.82. The highest BCUT2D eigenvalue weighted by molar-refractivity contribution is 5.72. The molecule has 3 rings (SSSR count). The van der Waals surface area contributed by atoms with Gasteiger partial charge in [0.2, 0.25) is 11.8 Å². The number of nitrogens with zero attached hydrogens (tertiary/aromatic N) is 2. The molecule has 0 radical (unpaired) electrons. The molecule has 1 fully saturated rings. The van der Waals surface area contributed by atoms with Crippen LogP contribution in [0.2, 0.25) is 0 Å². The van der Waals surface area contributed by atoms with Crippen LogP contribution in [0.1, 0.15) is 51.4 Å². The Morgan fingerprint density at radius 3 is 2.06 bits per heavy atom. The molecule has 2 heterocycles. The van der Waals surface area contributed by atoms with E-state index in [1.165, 1.54) is 28.8 Å². The zero-order valence-corrected chi connectivity index (χ0v) is 17.9. The summed E-state index contributed by atoms with van der Waals surface area (Å²) in [6, 6.07) is 5.33. The van der Waals surface area contributed by atoms with Gasteiger partial charge in [-0.2, -0.15) is 0 Å². The lowest BCUT2D eigenvalue weighted by Crippen LogP contribution is -2.25. The molecule has 176 valence electrons. The number of unbranched alkanes of at least 4 members (excludes halogenated alkanes) is 2. The summed E-state index contributed by atoms with van der Waals surface area (Å²) in [5.41, 5.74) is 0. The Kier molecular flexibility index (Phi) is 7.91. The molecule has 32 heavy (non-hydrogen) atoms. The van der Waals surface area contributed by atoms with Crippen molar-refractivity contribution in [3.8, 4) is 23.5 Å². The van der Waals surface area contributed by atoms with Gasteiger partial charge in [0.15, 0.2) is 11.8 Å². The van der Waals surface area contributed by atoms with Crippen LogP contribution in [0.15, 0.2) is 24.3 Å². The van der Waals surface area contributed by atoms with Crippen molar-refractivity contribution in [3.05, 3.63) is 24.3 Å². The largest absolute Gasteiger partial charge is 0.494 e. The van der Waals surface area contributed by atoms with Crippen molar-refractivity contribution in [2.75, 3.05) is 6.61 Å². The predicted octanol–water partition coefficient (Wildman–Crippen LogP) is 2.68. The van der Waals surface area contributed by atoms with Gasteiger partial charge in [-0.25, -0.2) is 4.79 Å². The molecule has 2 aromatic rings. The molecule has 0 aromatic carbocycles. The van der Waals surface area contributed by atoms with Crippen molar-refractivity contribution >= 4 is 11.9 Å². The molecule has 0 spiro atoms. The number of rotatable bonds is 10. The van der Waals surface area contributed by atoms with Crippen molar-refractivity contribution < 1.29 is 39.6 Å². The lowest BCUT2D eigenvalue weighted by atomic mass is 9.82. The maximum Gasteiger partial charge on any atom is 0.333 e. The summed E-state index contributed by atoms with van der Waals surface area (Å²) in [5, 5.41) is 38.4. The van der Waals surface area contributed by atoms with Gasteiger partial charge in [0.1, 0.15) is 0 Å². The van der Waals surface area contributed by atoms with E-state index in [1.54, 1.807) is 0 Å². The molecule has 0 bridgehead atoms. The van der Waals surface area contributed by atoms with E-state index in [9.17, 15) is 30.0 Å². The highest BCUT2D eigenvalue weighted by atomic mass is 16.7. The number of carbonyl (C=O) groups is 2. The van der Waals surface area contributed by atoms with Crippen molar-refractivity contribution in [1.82, 2.24) is 9.30 Å². The van der Waals surface area contributed by atoms with Crippen LogP contribution in [0.4, 0.5) is 0 Å². The molecule has 0 atom stereocenters. The third-order valence-electron chi connectivity index (χ3n) is 5.82. The van der Waals surface area contributed by atoms with Crippen LogP contribution in [-0.4, -0.2) is 48.3 Å². The highest BCUT2D eigenvalue weighted by Crippen LogP contribution is 2.33. The van der Waals surface area contributed by atoms with Gasteiger partial charge in [0.05, 0.1) is 12.5 Å². The second-order valence-electron chi connectivity index (χ2n) is 8.16. The molecule has 1 saturated carbocycles. The zero-order valence-electron chi connectivity index (χ0n) is 17.9. The summed E-state index contributed by atoms with van der Waals surface area (Å²) in [5.74, 6) is -1.27. The molecule has 1 aliphatic rings. The van der Waals surface area contributed by atoms with Crippen LogP contribution < -0.4 is 4.84 Å². The quantitative estimate of drug-likeness (QED) is 0.320. The molecule has 0 unspecified atom stereocenters. The van der Waals surface area contributed by atoms with Crippen LogP contribution in [0, 0.1) is 11.8 Å². The summed E-state index contributed by atoms with van der Waals surface area (Å²) in [6.45, 7) is 0.816. The van der Waals surface area contributed by atoms with Gasteiger partial charge in [-0.1, -0.05) is 0 Å². The first-order valence-corrected chi connectivity index (χ1v) is 10.9. The van der Waals surface area contributed by atoms with Gasteiger partial charge >= 0.3 is 11.9 Å². The molecular weight excluding hydrogens is 420 g/mol. The normalized spacial score (nSPS) is 18.4. The van der Waals surface area contributed by atoms with Gasteiger partial charge in [0, 0.05) is 37.2 Å². The fourth-order valence-corrected chi connectivity index (χ4v) is 3.95. The Morgan fingerprint density at radius 2 is 1.44 bits per heavy atom. The van der Waals surface area contributed by atoms with Crippen LogP contribution in [0.5, 0.6) is 23.5 Å². The topological polar surface area (TPSA) is 143 Å². The van der Waals surface area contributed by atoms with Gasteiger partial charge in [-0.15, -0.1) is 4.73 Å². The lowest BCUT2D eigenvalue weighted by Gasteiger charge is -2.27. The summed E-state index contributed by atoms with van der Waals surface area (Å²) in [4.78, 5) is 28.9. The SMILES string of the molecule is O=C(CCCCCOC(=O)C1CCC(Cn2c(O)ccc2O)CC1)On1c(O)ccc1O. The minimum absolute atomic E-state index is 0.0401. The average Bonchev–Trinajstić information content (AvgIpc) is 3.26. The molecule has 0 amide bonds. The second-order valence-corrected chi connectivity index (χ2v) is 8.16. The second kappa shape index (κ2) is 10.8. The number of hydrogen-bond donors (Lipinski definition) is 4. The first kappa shape index (κ1) is 23.4. The number of aromatic nitrogens is 2. The Labute approximate surface area is 185 Å². The minimum Gasteiger partial charge on any atom is -0.494 e. The van der Waals surface area contributed by atoms with Gasteiger partial charge in [-0.05, 0) is 50.9 Å². The Bertz CT molecular complexity index is 872. The van der Waals surface area contributed by atoms with Gasteiger partial charge < -0.3 is 30.0 Å². The van der Waals surface area contributed by atoms with E-state index in [-0.39, 0.29) is 48.4 Å². The van der Waals surface area contributed by atoms with Crippen LogP contribution in [0.25, 0.3) is 0 Å². The summed E-state index contributed by atoms with van der Waals surface area (Å²) < 4.78 is 7.50. The van der Waals surface area contributed by atoms with E-state index < -0.39 is 5.97 Å². The number of carbonyl (C=O) groups excluding carboxylic acids is 2. The first-order chi connectivity index (χ1) is 15.3. The number of ether oxygens (including phenoxy) is 1. The van der Waals surface area contributed by atoms with Crippen LogP contribution >= 0.6 is 0 Å². The van der Waals surface area contributed by atoms with E-state index in [0.717, 1.165) is 25.7 Å². The highest BCUT2D eigenvalue weighted by Gasteiger charge is 2.28. The molecule has 2 aromatic heterocycles. The van der Waals surface area contributed by atoms with E-state index in [2.05, 4.69) is 0 Å². The molecule has 1 aliphatic carbocycles. The fourth-order valence-electron chi connectivity index (χ4n) is 3.95. The summed E-state index contributed by atoms with van der Waals surface area (Å²) in [7, 11) is 0. The lowest BCUT2D eigenvalue weighted by molar-refractivity contribution is -0.150. The monoisotopic (exact) mass is 450 g/mol. The maximum absolute atomic E-state index is 12.3. The van der Waals surface area contributed by atoms with Crippen LogP contribution in [-0.2, 0) is 20.9 Å². The van der Waals surface area contributed by atoms with E-state index >= 15 is 0 Å². The number of hydrogen-bond acceptors (Lipinski definition) is 8. The van der Waals surface area contributed by atoms with Crippen molar-refractivity contribution in [2.45, 2.75) is 57.9 Å². The van der Waals surface area contributed by atoms with Crippen molar-refractivity contribution in [2.24, 2.45) is 11.8 Å². The smallest absolute Gasteiger partial charge is 0.333 e. The first-order valence-electron chi connectivity index (χ1n) is 10.9. The molecule has 0 aliphatic heterocycles. The third kappa shape index (κ3) is 6.12. The Hall–Kier alpha value is -3.30. The minimum atomic E-state index is -0.581. The molecule has 0 saturated heterocycles. The van der Waals surface area contributed by atoms with E-state index in [0.29, 0.717) is 36.5 Å². The number of esters is 1. The van der Waals surface area contributed by atoms with E-state index in [4.69, 9.17) is 9.57 Å². The Morgan fingerprint density at radius 1 is 0.844 bits per heavy atom. The fraction of sp³-hybridized carbons (Fsp3) is 0.545. The molecular formula is C22H30N2O8. The zero-order chi connectivity index (χ0) is 23.1. The summed E-state index contributed by atoms with van der Waals surface area (Å²) in [6.07, 6.45) is 5.03. The van der Waals surface area contributed by atoms with E-state index in [1.807, 2.05) is 0 Å². The van der Waals surface area contributed by atoms with Gasteiger partial charge in [-0.3, -0.25) is 9.36 Å². The summed E-state index contributed by atoms with van der Waals surface area (Å²) >= 11 is 0. The Balaban J connectivity index is 1.25. The molecule has 4 N–H and O–H groups in total. The standard InChI is InChI=1S/C22H30N2O8/c25-17-9-10-18(26)23(17)14-15-5-7-16(8-6-15)22(30)31-13-3-1-2-4-21(29)32-24-19(27)11-12-20(24)28/h9-12,15-16,25-28H,1-8,13-14H2. The predicted molar refractivity (Wildman–Crippen MR) is 112 cm³/mol. The number of aromatic hydroxyl groups is 4. The maximum atomic E-state index is 12.3. The molecule has 10 nitrogen and oxygen atoms in total.